The topological polar surface area (TPSA) is 78.0 Å². The van der Waals surface area contributed by atoms with Crippen molar-refractivity contribution in [1.82, 2.24) is 8.96 Å². The zero-order valence-electron chi connectivity index (χ0n) is 15.1. The molecule has 0 bridgehead atoms. The molecule has 0 aliphatic carbocycles. The maximum Gasteiger partial charge on any atom is 0.269 e. The molecule has 2 aromatic carbocycles. The van der Waals surface area contributed by atoms with Crippen LogP contribution in [0, 0.1) is 6.92 Å². The number of aromatic nitrogens is 2. The minimum Gasteiger partial charge on any atom is -0.326 e. The van der Waals surface area contributed by atoms with E-state index in [1.165, 1.54) is 3.97 Å². The largest absolute Gasteiger partial charge is 0.326 e. The maximum absolute atomic E-state index is 13.3. The van der Waals surface area contributed by atoms with Gasteiger partial charge in [-0.05, 0) is 52.2 Å². The Labute approximate surface area is 172 Å². The highest BCUT2D eigenvalue weighted by atomic mass is 79.9. The summed E-state index contributed by atoms with van der Waals surface area (Å²) in [4.78, 5) is 4.61. The second-order valence-electron chi connectivity index (χ2n) is 6.58. The van der Waals surface area contributed by atoms with Crippen LogP contribution >= 0.6 is 15.9 Å². The molecular weight excluding hydrogens is 438 g/mol. The molecule has 0 unspecified atom stereocenters. The zero-order chi connectivity index (χ0) is 19.9. The Kier molecular flexibility index (Phi) is 4.82. The Bertz CT molecular complexity index is 1260. The molecule has 2 N–H and O–H groups in total. The number of nitrogens with zero attached hydrogens (tertiary/aromatic N) is 2. The fourth-order valence-electron chi connectivity index (χ4n) is 3.11. The van der Waals surface area contributed by atoms with Crippen LogP contribution in [0.4, 0.5) is 0 Å². The molecule has 2 aromatic heterocycles. The highest BCUT2D eigenvalue weighted by molar-refractivity contribution is 9.10. The molecule has 28 heavy (non-hydrogen) atoms. The van der Waals surface area contributed by atoms with E-state index in [4.69, 9.17) is 5.73 Å². The van der Waals surface area contributed by atoms with Crippen molar-refractivity contribution in [3.05, 3.63) is 82.6 Å². The average molecular weight is 456 g/mol. The van der Waals surface area contributed by atoms with Crippen LogP contribution in [0.25, 0.3) is 22.2 Å². The lowest BCUT2D eigenvalue weighted by Gasteiger charge is -2.07. The molecule has 2 heterocycles. The number of fused-ring (bicyclic) bond motifs is 1. The second-order valence-corrected chi connectivity index (χ2v) is 9.31. The van der Waals surface area contributed by atoms with Gasteiger partial charge in [0.05, 0.1) is 4.90 Å². The summed E-state index contributed by atoms with van der Waals surface area (Å²) in [6, 6.07) is 16.5. The zero-order valence-corrected chi connectivity index (χ0v) is 17.5. The summed E-state index contributed by atoms with van der Waals surface area (Å²) < 4.78 is 28.6. The van der Waals surface area contributed by atoms with Crippen LogP contribution in [-0.2, 0) is 16.6 Å². The first kappa shape index (κ1) is 18.9. The van der Waals surface area contributed by atoms with Gasteiger partial charge < -0.3 is 5.73 Å². The molecule has 5 nitrogen and oxygen atoms in total. The first-order valence-corrected chi connectivity index (χ1v) is 10.9. The number of nitrogens with two attached hydrogens (primary N) is 1. The smallest absolute Gasteiger partial charge is 0.269 e. The second kappa shape index (κ2) is 7.16. The summed E-state index contributed by atoms with van der Waals surface area (Å²) in [7, 11) is -3.78. The number of hydrogen-bond acceptors (Lipinski definition) is 4. The van der Waals surface area contributed by atoms with Gasteiger partial charge in [0.1, 0.15) is 0 Å². The van der Waals surface area contributed by atoms with E-state index in [9.17, 15) is 8.42 Å². The van der Waals surface area contributed by atoms with E-state index in [1.54, 1.807) is 36.7 Å². The van der Waals surface area contributed by atoms with Crippen LogP contribution < -0.4 is 5.73 Å². The van der Waals surface area contributed by atoms with Crippen LogP contribution in [0.3, 0.4) is 0 Å². The van der Waals surface area contributed by atoms with Gasteiger partial charge in [-0.2, -0.15) is 0 Å². The van der Waals surface area contributed by atoms with Gasteiger partial charge in [0.25, 0.3) is 10.0 Å². The van der Waals surface area contributed by atoms with Crippen LogP contribution in [0.15, 0.2) is 76.4 Å². The van der Waals surface area contributed by atoms with Gasteiger partial charge in [0.15, 0.2) is 5.65 Å². The predicted octanol–water partition coefficient (Wildman–Crippen LogP) is 4.47. The summed E-state index contributed by atoms with van der Waals surface area (Å²) in [6.45, 7) is 2.38. The summed E-state index contributed by atoms with van der Waals surface area (Å²) in [5.74, 6) is 0. The van der Waals surface area contributed by atoms with Gasteiger partial charge in [0.2, 0.25) is 0 Å². The lowest BCUT2D eigenvalue weighted by Crippen LogP contribution is -2.12. The standard InChI is InChI=1S/C21H18BrN3O2S/c1-14-2-8-18(9-3-14)28(26,27)25-13-20(16-6-4-15(11-23)5-7-16)19-10-17(22)12-24-21(19)25/h2-10,12-13H,11,23H2,1H3. The van der Waals surface area contributed by atoms with E-state index in [0.29, 0.717) is 12.2 Å². The molecule has 0 fully saturated rings. The first-order chi connectivity index (χ1) is 13.4. The lowest BCUT2D eigenvalue weighted by atomic mass is 10.0. The van der Waals surface area contributed by atoms with Crippen LogP contribution in [0.1, 0.15) is 11.1 Å². The van der Waals surface area contributed by atoms with Crippen molar-refractivity contribution in [2.75, 3.05) is 0 Å². The van der Waals surface area contributed by atoms with Gasteiger partial charge in [-0.25, -0.2) is 17.4 Å². The van der Waals surface area contributed by atoms with Crippen LogP contribution in [-0.4, -0.2) is 17.4 Å². The Hall–Kier alpha value is -2.48. The molecule has 4 rings (SSSR count). The molecule has 0 atom stereocenters. The number of halogens is 1. The fraction of sp³-hybridized carbons (Fsp3) is 0.0952. The van der Waals surface area contributed by atoms with Crippen LogP contribution in [0.2, 0.25) is 0 Å². The van der Waals surface area contributed by atoms with E-state index in [1.807, 2.05) is 37.3 Å². The van der Waals surface area contributed by atoms with E-state index in [-0.39, 0.29) is 4.90 Å². The van der Waals surface area contributed by atoms with Crippen molar-refractivity contribution in [3.63, 3.8) is 0 Å². The molecule has 0 saturated carbocycles. The van der Waals surface area contributed by atoms with E-state index in [2.05, 4.69) is 20.9 Å². The van der Waals surface area contributed by atoms with Crippen molar-refractivity contribution >= 4 is 37.0 Å². The third-order valence-corrected chi connectivity index (χ3v) is 6.75. The summed E-state index contributed by atoms with van der Waals surface area (Å²) in [5, 5.41) is 0.755. The molecule has 0 amide bonds. The van der Waals surface area contributed by atoms with E-state index >= 15 is 0 Å². The molecule has 0 saturated heterocycles. The van der Waals surface area contributed by atoms with Gasteiger partial charge in [-0.3, -0.25) is 0 Å². The maximum atomic E-state index is 13.3. The van der Waals surface area contributed by atoms with Crippen molar-refractivity contribution in [2.24, 2.45) is 5.73 Å². The van der Waals surface area contributed by atoms with Gasteiger partial charge in [-0.15, -0.1) is 0 Å². The quantitative estimate of drug-likeness (QED) is 0.492. The van der Waals surface area contributed by atoms with Gasteiger partial charge in [0, 0.05) is 34.4 Å². The number of benzene rings is 2. The minimum absolute atomic E-state index is 0.227. The van der Waals surface area contributed by atoms with Gasteiger partial charge >= 0.3 is 0 Å². The van der Waals surface area contributed by atoms with Crippen molar-refractivity contribution in [1.29, 1.82) is 0 Å². The molecule has 142 valence electrons. The number of aryl methyl sites for hydroxylation is 1. The molecule has 7 heteroatoms. The number of hydrogen-bond donors (Lipinski definition) is 1. The summed E-state index contributed by atoms with van der Waals surface area (Å²) in [5.41, 5.74) is 9.79. The third-order valence-electron chi connectivity index (χ3n) is 4.66. The Morgan fingerprint density at radius 1 is 1.07 bits per heavy atom. The third kappa shape index (κ3) is 3.26. The van der Waals surface area contributed by atoms with E-state index < -0.39 is 10.0 Å². The number of pyridine rings is 1. The molecule has 4 aromatic rings. The Balaban J connectivity index is 1.96. The number of rotatable bonds is 4. The predicted molar refractivity (Wildman–Crippen MR) is 115 cm³/mol. The molecule has 0 aliphatic heterocycles. The van der Waals surface area contributed by atoms with Crippen molar-refractivity contribution in [3.8, 4) is 11.1 Å². The molecule has 0 radical (unpaired) electrons. The van der Waals surface area contributed by atoms with Crippen molar-refractivity contribution in [2.45, 2.75) is 18.4 Å². The molecular formula is C21H18BrN3O2S. The lowest BCUT2D eigenvalue weighted by molar-refractivity contribution is 0.589. The SMILES string of the molecule is Cc1ccc(S(=O)(=O)n2cc(-c3ccc(CN)cc3)c3cc(Br)cnc32)cc1. The molecule has 0 spiro atoms. The molecule has 0 aliphatic rings. The normalized spacial score (nSPS) is 11.8. The summed E-state index contributed by atoms with van der Waals surface area (Å²) >= 11 is 3.44. The minimum atomic E-state index is -3.78. The van der Waals surface area contributed by atoms with Crippen molar-refractivity contribution < 1.29 is 8.42 Å². The first-order valence-electron chi connectivity index (χ1n) is 8.68. The average Bonchev–Trinajstić information content (AvgIpc) is 3.08. The van der Waals surface area contributed by atoms with Gasteiger partial charge in [-0.1, -0.05) is 42.0 Å². The fourth-order valence-corrected chi connectivity index (χ4v) is 4.77. The van der Waals surface area contributed by atoms with Crippen LogP contribution in [0.5, 0.6) is 0 Å². The van der Waals surface area contributed by atoms with E-state index in [0.717, 1.165) is 32.1 Å². The summed E-state index contributed by atoms with van der Waals surface area (Å²) in [6.07, 6.45) is 3.24. The Morgan fingerprint density at radius 3 is 2.39 bits per heavy atom. The monoisotopic (exact) mass is 455 g/mol. The highest BCUT2D eigenvalue weighted by Crippen LogP contribution is 2.33. The Morgan fingerprint density at radius 2 is 1.75 bits per heavy atom. The highest BCUT2D eigenvalue weighted by Gasteiger charge is 2.23.